The van der Waals surface area contributed by atoms with Gasteiger partial charge in [-0.05, 0) is 78.8 Å². The van der Waals surface area contributed by atoms with Crippen LogP contribution in [0.5, 0.6) is 11.5 Å². The van der Waals surface area contributed by atoms with Crippen LogP contribution in [0.2, 0.25) is 0 Å². The Morgan fingerprint density at radius 2 is 1.07 bits per heavy atom. The van der Waals surface area contributed by atoms with Gasteiger partial charge in [0.05, 0.1) is 17.0 Å². The van der Waals surface area contributed by atoms with Crippen LogP contribution in [0.1, 0.15) is 106 Å². The molecule has 3 aromatic rings. The summed E-state index contributed by atoms with van der Waals surface area (Å²) in [5.74, 6) is 0.0798. The third-order valence-corrected chi connectivity index (χ3v) is 9.00. The van der Waals surface area contributed by atoms with Gasteiger partial charge in [0.2, 0.25) is 0 Å². The van der Waals surface area contributed by atoms with Gasteiger partial charge in [0, 0.05) is 12.4 Å². The minimum absolute atomic E-state index is 0. The maximum atomic E-state index is 12.7. The maximum Gasteiger partial charge on any atom is 3.00 e. The summed E-state index contributed by atoms with van der Waals surface area (Å²) < 4.78 is 31.2. The maximum absolute atomic E-state index is 12.7. The van der Waals surface area contributed by atoms with E-state index >= 15 is 0 Å². The molecule has 0 amide bonds. The van der Waals surface area contributed by atoms with Gasteiger partial charge < -0.3 is 14.8 Å². The Morgan fingerprint density at radius 3 is 1.39 bits per heavy atom. The summed E-state index contributed by atoms with van der Waals surface area (Å²) in [7, 11) is -4.27. The van der Waals surface area contributed by atoms with Crippen LogP contribution in [0.3, 0.4) is 0 Å². The Labute approximate surface area is 286 Å². The Morgan fingerprint density at radius 1 is 0.696 bits per heavy atom. The molecule has 4 rings (SSSR count). The van der Waals surface area contributed by atoms with E-state index in [0.717, 1.165) is 53.5 Å². The van der Waals surface area contributed by atoms with Gasteiger partial charge in [-0.15, -0.1) is 0 Å². The SMILES string of the molecule is Cc1cc(C(C)(C)C)cc(C=NC2CCCCC2N=Cc2cc(C(C)(C)C)cc(C)c2[O-])c1[O-].Cc1ccc(S(=O)(=O)[O-])cc1.[Co+3]. The zero-order chi connectivity index (χ0) is 33.7. The third kappa shape index (κ3) is 10.8. The summed E-state index contributed by atoms with van der Waals surface area (Å²) >= 11 is 0. The molecule has 250 valence electrons. The van der Waals surface area contributed by atoms with Crippen LogP contribution in [-0.4, -0.2) is 37.5 Å². The molecule has 0 bridgehead atoms. The molecule has 2 atom stereocenters. The average Bonchev–Trinajstić information content (AvgIpc) is 2.94. The number of nitrogens with zero attached hydrogens (tertiary/aromatic N) is 2. The van der Waals surface area contributed by atoms with E-state index in [1.54, 1.807) is 24.6 Å². The monoisotopic (exact) mass is 690 g/mol. The summed E-state index contributed by atoms with van der Waals surface area (Å²) in [5.41, 5.74) is 5.94. The van der Waals surface area contributed by atoms with Crippen molar-refractivity contribution in [3.05, 3.63) is 87.5 Å². The molecule has 3 aromatic carbocycles. The predicted octanol–water partition coefficient (Wildman–Crippen LogP) is 6.79. The quantitative estimate of drug-likeness (QED) is 0.215. The molecule has 46 heavy (non-hydrogen) atoms. The average molecular weight is 691 g/mol. The summed E-state index contributed by atoms with van der Waals surface area (Å²) in [4.78, 5) is 9.53. The fourth-order valence-electron chi connectivity index (χ4n) is 5.16. The van der Waals surface area contributed by atoms with Gasteiger partial charge in [0.15, 0.2) is 0 Å². The molecule has 0 radical (unpaired) electrons. The fourth-order valence-corrected chi connectivity index (χ4v) is 5.63. The van der Waals surface area contributed by atoms with Crippen molar-refractivity contribution in [3.63, 3.8) is 0 Å². The van der Waals surface area contributed by atoms with Gasteiger partial charge in [-0.1, -0.05) is 119 Å². The molecule has 0 heterocycles. The normalized spacial score (nSPS) is 17.4. The Kier molecular flexibility index (Phi) is 13.4. The van der Waals surface area contributed by atoms with Crippen LogP contribution in [-0.2, 0) is 37.7 Å². The zero-order valence-corrected chi connectivity index (χ0v) is 30.3. The van der Waals surface area contributed by atoms with Gasteiger partial charge in [0.1, 0.15) is 10.1 Å². The Bertz CT molecular complexity index is 1560. The number of hydrogen-bond acceptors (Lipinski definition) is 7. The summed E-state index contributed by atoms with van der Waals surface area (Å²) in [6.07, 6.45) is 7.60. The molecular weight excluding hydrogens is 643 g/mol. The van der Waals surface area contributed by atoms with Crippen LogP contribution in [0.4, 0.5) is 0 Å². The van der Waals surface area contributed by atoms with E-state index in [9.17, 15) is 23.2 Å². The topological polar surface area (TPSA) is 128 Å². The van der Waals surface area contributed by atoms with Crippen LogP contribution in [0.15, 0.2) is 63.4 Å². The van der Waals surface area contributed by atoms with E-state index in [4.69, 9.17) is 9.98 Å². The first kappa shape index (κ1) is 39.2. The first-order valence-electron chi connectivity index (χ1n) is 15.5. The molecule has 0 aliphatic heterocycles. The van der Waals surface area contributed by atoms with Crippen LogP contribution < -0.4 is 10.2 Å². The molecule has 9 heteroatoms. The Hall–Kier alpha value is -2.98. The van der Waals surface area contributed by atoms with Crippen LogP contribution in [0.25, 0.3) is 0 Å². The van der Waals surface area contributed by atoms with Gasteiger partial charge in [0.25, 0.3) is 0 Å². The van der Waals surface area contributed by atoms with Gasteiger partial charge in [-0.25, -0.2) is 8.42 Å². The van der Waals surface area contributed by atoms with Crippen LogP contribution >= 0.6 is 0 Å². The molecule has 0 saturated heterocycles. The molecule has 1 aliphatic carbocycles. The van der Waals surface area contributed by atoms with Crippen LogP contribution in [0, 0.1) is 20.8 Å². The molecule has 1 saturated carbocycles. The number of hydrogen-bond donors (Lipinski definition) is 0. The van der Waals surface area contributed by atoms with E-state index in [1.807, 2.05) is 45.0 Å². The summed E-state index contributed by atoms with van der Waals surface area (Å²) in [5, 5.41) is 25.5. The van der Waals surface area contributed by atoms with E-state index in [-0.39, 0.29) is 56.1 Å². The van der Waals surface area contributed by atoms with E-state index in [1.165, 1.54) is 12.1 Å². The van der Waals surface area contributed by atoms with Crippen molar-refractivity contribution in [3.8, 4) is 11.5 Å². The third-order valence-electron chi connectivity index (χ3n) is 8.15. The largest absolute Gasteiger partial charge is 3.00 e. The van der Waals surface area contributed by atoms with Crippen molar-refractivity contribution in [2.75, 3.05) is 0 Å². The number of rotatable bonds is 5. The molecule has 1 fully saturated rings. The van der Waals surface area contributed by atoms with E-state index in [2.05, 4.69) is 41.5 Å². The van der Waals surface area contributed by atoms with Gasteiger partial charge in [-0.2, -0.15) is 0 Å². The van der Waals surface area contributed by atoms with Crippen molar-refractivity contribution in [2.45, 2.75) is 116 Å². The second-order valence-electron chi connectivity index (χ2n) is 14.2. The minimum Gasteiger partial charge on any atom is -0.872 e. The molecule has 0 aromatic heterocycles. The molecular formula is C37H47CoN2O5S. The Balaban J connectivity index is 0.000000519. The first-order valence-corrected chi connectivity index (χ1v) is 16.9. The van der Waals surface area contributed by atoms with Crippen molar-refractivity contribution in [2.24, 2.45) is 9.98 Å². The second kappa shape index (κ2) is 15.7. The predicted molar refractivity (Wildman–Crippen MR) is 179 cm³/mol. The minimum atomic E-state index is -4.27. The standard InChI is InChI=1S/C30H42N2O2.C7H8O3S.Co/c1-19-13-23(29(3,4)5)15-21(27(19)33)17-31-25-11-9-10-12-26(25)32-18-22-16-24(30(6,7)8)14-20(2)28(22)34;1-6-2-4-7(5-3-6)11(8,9)10;/h13-18,25-26,33-34H,9-12H2,1-8H3;2-5H,1H3,(H,8,9,10);/q;;+3/p-3. The number of benzene rings is 3. The summed E-state index contributed by atoms with van der Waals surface area (Å²) in [6, 6.07) is 13.7. The van der Waals surface area contributed by atoms with Gasteiger partial charge >= 0.3 is 16.8 Å². The zero-order valence-electron chi connectivity index (χ0n) is 28.4. The van der Waals surface area contributed by atoms with Crippen molar-refractivity contribution in [1.29, 1.82) is 0 Å². The van der Waals surface area contributed by atoms with Crippen molar-refractivity contribution < 1.29 is 40.0 Å². The summed E-state index contributed by atoms with van der Waals surface area (Å²) in [6.45, 7) is 18.5. The molecule has 0 N–H and O–H groups in total. The van der Waals surface area contributed by atoms with E-state index < -0.39 is 10.1 Å². The molecule has 2 unspecified atom stereocenters. The molecule has 7 nitrogen and oxygen atoms in total. The number of aliphatic imine (C=N–C) groups is 2. The number of aryl methyl sites for hydroxylation is 3. The van der Waals surface area contributed by atoms with E-state index in [0.29, 0.717) is 11.1 Å². The fraction of sp³-hybridized carbons (Fsp3) is 0.459. The molecule has 0 spiro atoms. The smallest absolute Gasteiger partial charge is 0.872 e. The second-order valence-corrected chi connectivity index (χ2v) is 15.5. The van der Waals surface area contributed by atoms with Crippen molar-refractivity contribution >= 4 is 22.5 Å². The first-order chi connectivity index (χ1) is 20.8. The van der Waals surface area contributed by atoms with Gasteiger partial charge in [-0.3, -0.25) is 9.98 Å². The van der Waals surface area contributed by atoms with Crippen molar-refractivity contribution in [1.82, 2.24) is 0 Å². The molecule has 1 aliphatic rings.